The molecule has 0 aliphatic carbocycles. The van der Waals surface area contributed by atoms with Crippen LogP contribution in [0.1, 0.15) is 15.9 Å². The van der Waals surface area contributed by atoms with E-state index >= 15 is 0 Å². The Bertz CT molecular complexity index is 818. The quantitative estimate of drug-likeness (QED) is 0.813. The Balaban J connectivity index is 1.62. The second kappa shape index (κ2) is 8.12. The molecule has 0 bridgehead atoms. The van der Waals surface area contributed by atoms with Crippen molar-refractivity contribution in [3.05, 3.63) is 59.7 Å². The number of carbonyl (C=O) groups is 2. The van der Waals surface area contributed by atoms with Crippen LogP contribution in [0.3, 0.4) is 0 Å². The zero-order chi connectivity index (χ0) is 19.4. The molecule has 0 spiro atoms. The molecule has 1 saturated heterocycles. The predicted octanol–water partition coefficient (Wildman–Crippen LogP) is 2.25. The molecule has 6 nitrogen and oxygen atoms in total. The summed E-state index contributed by atoms with van der Waals surface area (Å²) in [5.74, 6) is 0.631. The average molecular weight is 367 g/mol. The molecule has 0 aromatic heterocycles. The first kappa shape index (κ1) is 18.8. The van der Waals surface area contributed by atoms with Gasteiger partial charge in [0.1, 0.15) is 12.3 Å². The van der Waals surface area contributed by atoms with Crippen LogP contribution in [0.4, 0.5) is 5.69 Å². The highest BCUT2D eigenvalue weighted by molar-refractivity contribution is 5.97. The summed E-state index contributed by atoms with van der Waals surface area (Å²) in [5.41, 5.74) is 2.65. The second-order valence-corrected chi connectivity index (χ2v) is 6.83. The Morgan fingerprint density at radius 3 is 2.48 bits per heavy atom. The van der Waals surface area contributed by atoms with E-state index in [0.29, 0.717) is 25.2 Å². The van der Waals surface area contributed by atoms with Crippen LogP contribution in [0, 0.1) is 0 Å². The lowest BCUT2D eigenvalue weighted by atomic mass is 10.1. The third-order valence-corrected chi connectivity index (χ3v) is 4.74. The zero-order valence-electron chi connectivity index (χ0n) is 16.0. The summed E-state index contributed by atoms with van der Waals surface area (Å²) in [5, 5.41) is 0. The van der Waals surface area contributed by atoms with E-state index in [1.54, 1.807) is 16.9 Å². The van der Waals surface area contributed by atoms with Crippen LogP contribution < -0.4 is 9.64 Å². The van der Waals surface area contributed by atoms with E-state index in [0.717, 1.165) is 17.0 Å². The molecule has 3 rings (SSSR count). The average Bonchev–Trinajstić information content (AvgIpc) is 2.69. The van der Waals surface area contributed by atoms with Crippen LogP contribution in [0.25, 0.3) is 0 Å². The van der Waals surface area contributed by atoms with E-state index < -0.39 is 0 Å². The summed E-state index contributed by atoms with van der Waals surface area (Å²) in [6.07, 6.45) is 0. The number of methoxy groups -OCH3 is 1. The summed E-state index contributed by atoms with van der Waals surface area (Å²) in [7, 11) is 5.54. The summed E-state index contributed by atoms with van der Waals surface area (Å²) in [4.78, 5) is 30.6. The number of nitrogens with zero attached hydrogens (tertiary/aromatic N) is 3. The lowest BCUT2D eigenvalue weighted by Crippen LogP contribution is -2.51. The molecule has 1 heterocycles. The van der Waals surface area contributed by atoms with Crippen molar-refractivity contribution in [3.63, 3.8) is 0 Å². The van der Waals surface area contributed by atoms with Gasteiger partial charge < -0.3 is 19.4 Å². The maximum absolute atomic E-state index is 12.7. The molecule has 2 aromatic rings. The van der Waals surface area contributed by atoms with Crippen LogP contribution in [-0.4, -0.2) is 62.5 Å². The molecule has 0 saturated carbocycles. The highest BCUT2D eigenvalue weighted by atomic mass is 16.5. The number of ether oxygens (including phenoxy) is 1. The van der Waals surface area contributed by atoms with E-state index in [1.807, 2.05) is 67.5 Å². The lowest BCUT2D eigenvalue weighted by molar-refractivity contribution is -0.135. The number of carbonyl (C=O) groups excluding carboxylic acids is 2. The van der Waals surface area contributed by atoms with Crippen molar-refractivity contribution in [1.82, 2.24) is 9.80 Å². The Morgan fingerprint density at radius 1 is 1.11 bits per heavy atom. The molecule has 0 radical (unpaired) electrons. The third kappa shape index (κ3) is 4.39. The van der Waals surface area contributed by atoms with E-state index in [1.165, 1.54) is 0 Å². The smallest absolute Gasteiger partial charge is 0.254 e. The summed E-state index contributed by atoms with van der Waals surface area (Å²) >= 11 is 0. The van der Waals surface area contributed by atoms with E-state index in [-0.39, 0.29) is 18.4 Å². The SMILES string of the molecule is COc1cccc(CN2CCN(C(=O)c3ccc(N(C)C)cc3)CC2=O)c1. The van der Waals surface area contributed by atoms with E-state index in [9.17, 15) is 9.59 Å². The molecule has 2 amide bonds. The minimum absolute atomic E-state index is 0.0395. The minimum Gasteiger partial charge on any atom is -0.497 e. The van der Waals surface area contributed by atoms with Crippen LogP contribution in [0.5, 0.6) is 5.75 Å². The Kier molecular flexibility index (Phi) is 5.64. The first-order chi connectivity index (χ1) is 13.0. The highest BCUT2D eigenvalue weighted by Gasteiger charge is 2.27. The molecule has 27 heavy (non-hydrogen) atoms. The molecular weight excluding hydrogens is 342 g/mol. The van der Waals surface area contributed by atoms with Gasteiger partial charge in [-0.2, -0.15) is 0 Å². The highest BCUT2D eigenvalue weighted by Crippen LogP contribution is 2.18. The number of hydrogen-bond acceptors (Lipinski definition) is 4. The molecule has 1 fully saturated rings. The lowest BCUT2D eigenvalue weighted by Gasteiger charge is -2.34. The van der Waals surface area contributed by atoms with Gasteiger partial charge in [0.2, 0.25) is 5.91 Å². The molecule has 0 atom stereocenters. The van der Waals surface area contributed by atoms with Gasteiger partial charge in [0, 0.05) is 45.0 Å². The van der Waals surface area contributed by atoms with Crippen molar-refractivity contribution >= 4 is 17.5 Å². The second-order valence-electron chi connectivity index (χ2n) is 6.83. The van der Waals surface area contributed by atoms with Gasteiger partial charge in [-0.25, -0.2) is 0 Å². The van der Waals surface area contributed by atoms with Gasteiger partial charge in [0.05, 0.1) is 7.11 Å². The van der Waals surface area contributed by atoms with Gasteiger partial charge in [0.15, 0.2) is 0 Å². The van der Waals surface area contributed by atoms with Crippen LogP contribution >= 0.6 is 0 Å². The number of rotatable bonds is 5. The fourth-order valence-electron chi connectivity index (χ4n) is 3.12. The first-order valence-electron chi connectivity index (χ1n) is 8.95. The van der Waals surface area contributed by atoms with Gasteiger partial charge in [-0.1, -0.05) is 12.1 Å². The van der Waals surface area contributed by atoms with Crippen molar-refractivity contribution in [3.8, 4) is 5.75 Å². The molecule has 142 valence electrons. The molecule has 6 heteroatoms. The molecular formula is C21H25N3O3. The van der Waals surface area contributed by atoms with Crippen molar-refractivity contribution in [2.24, 2.45) is 0 Å². The molecule has 1 aliphatic heterocycles. The van der Waals surface area contributed by atoms with Crippen LogP contribution in [0.15, 0.2) is 48.5 Å². The molecule has 2 aromatic carbocycles. The van der Waals surface area contributed by atoms with Crippen LogP contribution in [0.2, 0.25) is 0 Å². The summed E-state index contributed by atoms with van der Waals surface area (Å²) in [6.45, 7) is 1.69. The standard InChI is InChI=1S/C21H25N3O3/c1-22(2)18-9-7-17(8-10-18)21(26)24-12-11-23(20(25)15-24)14-16-5-4-6-19(13-16)27-3/h4-10,13H,11-12,14-15H2,1-3H3. The zero-order valence-corrected chi connectivity index (χ0v) is 16.0. The van der Waals surface area contributed by atoms with E-state index in [4.69, 9.17) is 4.74 Å². The number of benzene rings is 2. The van der Waals surface area contributed by atoms with Crippen molar-refractivity contribution in [2.75, 3.05) is 45.7 Å². The first-order valence-corrected chi connectivity index (χ1v) is 8.95. The van der Waals surface area contributed by atoms with Crippen molar-refractivity contribution in [2.45, 2.75) is 6.54 Å². The van der Waals surface area contributed by atoms with Crippen molar-refractivity contribution < 1.29 is 14.3 Å². The minimum atomic E-state index is -0.102. The number of hydrogen-bond donors (Lipinski definition) is 0. The maximum atomic E-state index is 12.7. The Labute approximate surface area is 159 Å². The third-order valence-electron chi connectivity index (χ3n) is 4.74. The molecule has 1 aliphatic rings. The Hall–Kier alpha value is -3.02. The Morgan fingerprint density at radius 2 is 1.85 bits per heavy atom. The number of piperazine rings is 1. The van der Waals surface area contributed by atoms with Gasteiger partial charge in [-0.3, -0.25) is 9.59 Å². The molecule has 0 N–H and O–H groups in total. The van der Waals surface area contributed by atoms with Gasteiger partial charge >= 0.3 is 0 Å². The largest absolute Gasteiger partial charge is 0.497 e. The van der Waals surface area contributed by atoms with E-state index in [2.05, 4.69) is 0 Å². The van der Waals surface area contributed by atoms with Gasteiger partial charge in [-0.05, 0) is 42.0 Å². The predicted molar refractivity (Wildman–Crippen MR) is 105 cm³/mol. The van der Waals surface area contributed by atoms with Crippen LogP contribution in [-0.2, 0) is 11.3 Å². The van der Waals surface area contributed by atoms with Gasteiger partial charge in [0.25, 0.3) is 5.91 Å². The molecule has 0 unspecified atom stereocenters. The van der Waals surface area contributed by atoms with Gasteiger partial charge in [-0.15, -0.1) is 0 Å². The summed E-state index contributed by atoms with van der Waals surface area (Å²) < 4.78 is 5.23. The number of amides is 2. The fourth-order valence-corrected chi connectivity index (χ4v) is 3.12. The summed E-state index contributed by atoms with van der Waals surface area (Å²) in [6, 6.07) is 15.1. The normalized spacial score (nSPS) is 14.3. The topological polar surface area (TPSA) is 53.1 Å². The maximum Gasteiger partial charge on any atom is 0.254 e. The fraction of sp³-hybridized carbons (Fsp3) is 0.333. The van der Waals surface area contributed by atoms with Crippen molar-refractivity contribution in [1.29, 1.82) is 0 Å². The monoisotopic (exact) mass is 367 g/mol. The number of anilines is 1.